The number of carbonyl (C=O) groups excluding carboxylic acids is 2. The molecule has 1 aliphatic rings. The van der Waals surface area contributed by atoms with E-state index < -0.39 is 6.04 Å². The van der Waals surface area contributed by atoms with Gasteiger partial charge in [-0.2, -0.15) is 0 Å². The molecule has 0 aliphatic heterocycles. The number of allylic oxidation sites excluding steroid dienone is 12. The molecule has 7 heteroatoms. The van der Waals surface area contributed by atoms with Gasteiger partial charge in [0.2, 0.25) is 11.8 Å². The second-order valence-electron chi connectivity index (χ2n) is 11.5. The molecule has 0 saturated heterocycles. The molecule has 1 aliphatic carbocycles. The highest BCUT2D eigenvalue weighted by Gasteiger charge is 2.27. The SMILES string of the molecule is CCC=CCC=CCC=CCC=CCC=CCC=CCCC(=O)NC(C(=O)Nc1nc2c(s1)CC(NCCC)CC2)C(C)C. The van der Waals surface area contributed by atoms with E-state index in [1.165, 1.54) is 4.88 Å². The normalized spacial score (nSPS) is 16.4. The van der Waals surface area contributed by atoms with E-state index in [0.717, 1.165) is 76.4 Å². The van der Waals surface area contributed by atoms with E-state index in [0.29, 0.717) is 24.0 Å². The van der Waals surface area contributed by atoms with Crippen LogP contribution in [0.3, 0.4) is 0 Å². The van der Waals surface area contributed by atoms with Crippen molar-refractivity contribution in [2.24, 2.45) is 5.92 Å². The summed E-state index contributed by atoms with van der Waals surface area (Å²) in [6.07, 6.45) is 37.0. The molecule has 2 amide bonds. The van der Waals surface area contributed by atoms with Gasteiger partial charge in [0.25, 0.3) is 0 Å². The van der Waals surface area contributed by atoms with Crippen molar-refractivity contribution in [3.8, 4) is 0 Å². The maximum absolute atomic E-state index is 13.1. The molecule has 3 N–H and O–H groups in total. The molecule has 2 unspecified atom stereocenters. The van der Waals surface area contributed by atoms with Crippen LogP contribution in [0, 0.1) is 5.92 Å². The number of aryl methyl sites for hydroxylation is 1. The molecule has 0 saturated carbocycles. The summed E-state index contributed by atoms with van der Waals surface area (Å²) in [6, 6.07) is -0.108. The smallest absolute Gasteiger partial charge is 0.248 e. The second kappa shape index (κ2) is 23.4. The van der Waals surface area contributed by atoms with Gasteiger partial charge in [0.05, 0.1) is 5.69 Å². The Morgan fingerprint density at radius 1 is 0.864 bits per heavy atom. The molecule has 1 aromatic rings. The molecule has 1 aromatic heterocycles. The van der Waals surface area contributed by atoms with Gasteiger partial charge in [0.15, 0.2) is 5.13 Å². The molecule has 0 bridgehead atoms. The quantitative estimate of drug-likeness (QED) is 0.120. The van der Waals surface area contributed by atoms with E-state index in [1.807, 2.05) is 19.9 Å². The van der Waals surface area contributed by atoms with E-state index in [2.05, 4.69) is 102 Å². The van der Waals surface area contributed by atoms with E-state index in [-0.39, 0.29) is 17.7 Å². The van der Waals surface area contributed by atoms with E-state index in [4.69, 9.17) is 0 Å². The van der Waals surface area contributed by atoms with Crippen LogP contribution in [0.25, 0.3) is 0 Å². The highest BCUT2D eigenvalue weighted by molar-refractivity contribution is 7.15. The number of nitrogens with one attached hydrogen (secondary N) is 3. The summed E-state index contributed by atoms with van der Waals surface area (Å²) in [5.41, 5.74) is 1.10. The van der Waals surface area contributed by atoms with Gasteiger partial charge in [0.1, 0.15) is 6.04 Å². The van der Waals surface area contributed by atoms with Crippen LogP contribution in [-0.4, -0.2) is 35.4 Å². The standard InChI is InChI=1S/C37H56N4O2S/c1-5-7-8-9-10-11-12-13-14-15-16-17-18-19-20-21-22-23-24-25-34(42)40-35(30(3)4)36(43)41-37-39-32-27-26-31(38-28-6-2)29-33(32)44-37/h7-8,10-11,13-14,16-17,19-20,22-23,30-31,35,38H,5-6,9,12,15,18,21,24-29H2,1-4H3,(H,40,42)(H,39,41,43). The fraction of sp³-hybridized carbons (Fsp3) is 0.541. The summed E-state index contributed by atoms with van der Waals surface area (Å²) >= 11 is 1.56. The Morgan fingerprint density at radius 2 is 1.43 bits per heavy atom. The monoisotopic (exact) mass is 620 g/mol. The Hall–Kier alpha value is -3.03. The lowest BCUT2D eigenvalue weighted by molar-refractivity contribution is -0.127. The van der Waals surface area contributed by atoms with Gasteiger partial charge in [-0.1, -0.05) is 101 Å². The third-order valence-electron chi connectivity index (χ3n) is 7.25. The highest BCUT2D eigenvalue weighted by atomic mass is 32.1. The topological polar surface area (TPSA) is 83.1 Å². The molecular formula is C37H56N4O2S. The van der Waals surface area contributed by atoms with E-state index in [1.54, 1.807) is 11.3 Å². The molecule has 0 aromatic carbocycles. The zero-order valence-corrected chi connectivity index (χ0v) is 28.3. The molecule has 6 nitrogen and oxygen atoms in total. The molecule has 0 fully saturated rings. The van der Waals surface area contributed by atoms with Crippen molar-refractivity contribution in [2.75, 3.05) is 11.9 Å². The lowest BCUT2D eigenvalue weighted by atomic mass is 9.98. The van der Waals surface area contributed by atoms with Crippen LogP contribution in [0.1, 0.15) is 102 Å². The van der Waals surface area contributed by atoms with Gasteiger partial charge in [0, 0.05) is 17.3 Å². The Morgan fingerprint density at radius 3 is 1.98 bits per heavy atom. The lowest BCUT2D eigenvalue weighted by Gasteiger charge is -2.21. The molecule has 0 radical (unpaired) electrons. The predicted octanol–water partition coefficient (Wildman–Crippen LogP) is 8.56. The summed E-state index contributed by atoms with van der Waals surface area (Å²) in [5, 5.41) is 10.1. The molecule has 1 heterocycles. The number of hydrogen-bond donors (Lipinski definition) is 3. The van der Waals surface area contributed by atoms with Gasteiger partial charge in [-0.25, -0.2) is 4.98 Å². The van der Waals surface area contributed by atoms with Crippen molar-refractivity contribution in [1.29, 1.82) is 0 Å². The number of nitrogens with zero attached hydrogens (tertiary/aromatic N) is 1. The Labute approximate surface area is 271 Å². The summed E-state index contributed by atoms with van der Waals surface area (Å²) in [6.45, 7) is 9.26. The van der Waals surface area contributed by atoms with Crippen molar-refractivity contribution in [3.63, 3.8) is 0 Å². The summed E-state index contributed by atoms with van der Waals surface area (Å²) in [4.78, 5) is 31.6. The fourth-order valence-electron chi connectivity index (χ4n) is 4.77. The molecule has 0 spiro atoms. The molecule has 242 valence electrons. The third kappa shape index (κ3) is 16.2. The van der Waals surface area contributed by atoms with E-state index in [9.17, 15) is 9.59 Å². The largest absolute Gasteiger partial charge is 0.344 e. The Balaban J connectivity index is 1.61. The number of hydrogen-bond acceptors (Lipinski definition) is 5. The first kappa shape index (κ1) is 37.2. The minimum absolute atomic E-state index is 0.0259. The minimum Gasteiger partial charge on any atom is -0.344 e. The number of aromatic nitrogens is 1. The van der Waals surface area contributed by atoms with E-state index >= 15 is 0 Å². The van der Waals surface area contributed by atoms with Crippen molar-refractivity contribution in [2.45, 2.75) is 117 Å². The van der Waals surface area contributed by atoms with Gasteiger partial charge in [-0.05, 0) is 83.1 Å². The number of rotatable bonds is 21. The number of thiazole rings is 1. The third-order valence-corrected chi connectivity index (χ3v) is 8.29. The van der Waals surface area contributed by atoms with Crippen molar-refractivity contribution < 1.29 is 9.59 Å². The number of anilines is 1. The zero-order chi connectivity index (χ0) is 31.8. The average Bonchev–Trinajstić information content (AvgIpc) is 3.41. The number of carbonyl (C=O) groups is 2. The lowest BCUT2D eigenvalue weighted by Crippen LogP contribution is -2.47. The summed E-state index contributed by atoms with van der Waals surface area (Å²) in [7, 11) is 0. The van der Waals surface area contributed by atoms with Crippen LogP contribution in [-0.2, 0) is 22.4 Å². The van der Waals surface area contributed by atoms with Crippen LogP contribution in [0.4, 0.5) is 5.13 Å². The molecule has 2 rings (SSSR count). The maximum atomic E-state index is 13.1. The Bertz CT molecular complexity index is 1140. The first-order valence-corrected chi connectivity index (χ1v) is 17.5. The first-order chi connectivity index (χ1) is 21.4. The number of amides is 2. The van der Waals surface area contributed by atoms with Gasteiger partial charge < -0.3 is 16.0 Å². The van der Waals surface area contributed by atoms with Crippen molar-refractivity contribution >= 4 is 28.3 Å². The van der Waals surface area contributed by atoms with Crippen LogP contribution < -0.4 is 16.0 Å². The van der Waals surface area contributed by atoms with Crippen LogP contribution in [0.2, 0.25) is 0 Å². The van der Waals surface area contributed by atoms with Crippen LogP contribution >= 0.6 is 11.3 Å². The molecule has 2 atom stereocenters. The second-order valence-corrected chi connectivity index (χ2v) is 12.6. The van der Waals surface area contributed by atoms with Gasteiger partial charge >= 0.3 is 0 Å². The minimum atomic E-state index is -0.590. The van der Waals surface area contributed by atoms with Crippen molar-refractivity contribution in [1.82, 2.24) is 15.6 Å². The Kier molecular flexibility index (Phi) is 19.7. The van der Waals surface area contributed by atoms with Crippen LogP contribution in [0.5, 0.6) is 0 Å². The van der Waals surface area contributed by atoms with Crippen molar-refractivity contribution in [3.05, 3.63) is 83.5 Å². The van der Waals surface area contributed by atoms with Gasteiger partial charge in [-0.3, -0.25) is 9.59 Å². The summed E-state index contributed by atoms with van der Waals surface area (Å²) < 4.78 is 0. The first-order valence-electron chi connectivity index (χ1n) is 16.7. The molecule has 44 heavy (non-hydrogen) atoms. The number of fused-ring (bicyclic) bond motifs is 1. The molecular weight excluding hydrogens is 565 g/mol. The zero-order valence-electron chi connectivity index (χ0n) is 27.5. The maximum Gasteiger partial charge on any atom is 0.248 e. The van der Waals surface area contributed by atoms with Crippen LogP contribution in [0.15, 0.2) is 72.9 Å². The highest BCUT2D eigenvalue weighted by Crippen LogP contribution is 2.30. The summed E-state index contributed by atoms with van der Waals surface area (Å²) in [5.74, 6) is -0.335. The predicted molar refractivity (Wildman–Crippen MR) is 189 cm³/mol. The fourth-order valence-corrected chi connectivity index (χ4v) is 5.86. The van der Waals surface area contributed by atoms with Gasteiger partial charge in [-0.15, -0.1) is 11.3 Å². The average molecular weight is 621 g/mol.